The number of hydrogen-bond donors (Lipinski definition) is 0. The minimum Gasteiger partial charge on any atom is -0.358 e. The third kappa shape index (κ3) is 5.13. The molecule has 0 saturated heterocycles. The summed E-state index contributed by atoms with van der Waals surface area (Å²) in [5.74, 6) is -1.12. The van der Waals surface area contributed by atoms with E-state index < -0.39 is 31.1 Å². The molecule has 1 aromatic carbocycles. The number of carbonyl (C=O) groups excluding carboxylic acids is 1. The van der Waals surface area contributed by atoms with Crippen molar-refractivity contribution in [2.24, 2.45) is 0 Å². The highest BCUT2D eigenvalue weighted by Crippen LogP contribution is 2.27. The molecule has 0 aromatic heterocycles. The van der Waals surface area contributed by atoms with Crippen molar-refractivity contribution in [3.05, 3.63) is 28.8 Å². The van der Waals surface area contributed by atoms with Gasteiger partial charge in [0.1, 0.15) is 12.0 Å². The van der Waals surface area contributed by atoms with E-state index in [9.17, 15) is 25.5 Å². The molecule has 0 spiro atoms. The van der Waals surface area contributed by atoms with Gasteiger partial charge >= 0.3 is 10.5 Å². The van der Waals surface area contributed by atoms with Crippen molar-refractivity contribution < 1.29 is 29.7 Å². The van der Waals surface area contributed by atoms with Crippen LogP contribution >= 0.6 is 10.7 Å². The third-order valence-electron chi connectivity index (χ3n) is 2.14. The van der Waals surface area contributed by atoms with Gasteiger partial charge in [0.15, 0.2) is 0 Å². The van der Waals surface area contributed by atoms with Crippen molar-refractivity contribution >= 4 is 36.5 Å². The number of halogens is 2. The smallest absolute Gasteiger partial charge is 0.358 e. The molecule has 0 aliphatic heterocycles. The molecule has 0 bridgehead atoms. The number of aldehydes is 1. The fourth-order valence-electron chi connectivity index (χ4n) is 1.37. The maximum absolute atomic E-state index is 12.5. The zero-order chi connectivity index (χ0) is 14.8. The quantitative estimate of drug-likeness (QED) is 0.599. The summed E-state index contributed by atoms with van der Waals surface area (Å²) in [6.45, 7) is 1.31. The molecule has 106 valence electrons. The van der Waals surface area contributed by atoms with Gasteiger partial charge in [-0.15, -0.1) is 0 Å². The Bertz CT molecular complexity index is 655. The van der Waals surface area contributed by atoms with Crippen molar-refractivity contribution in [1.29, 1.82) is 0 Å². The fourth-order valence-corrected chi connectivity index (χ4v) is 2.78. The Morgan fingerprint density at radius 1 is 1.32 bits per heavy atom. The topological polar surface area (TPSA) is 94.6 Å². The highest BCUT2D eigenvalue weighted by Gasteiger charge is 2.18. The van der Waals surface area contributed by atoms with E-state index in [1.165, 1.54) is 13.0 Å². The summed E-state index contributed by atoms with van der Waals surface area (Å²) in [7, 11) is -4.14. The minimum atomic E-state index is -5.28. The van der Waals surface area contributed by atoms with E-state index >= 15 is 0 Å². The molecule has 0 N–H and O–H groups in total. The van der Waals surface area contributed by atoms with Crippen LogP contribution in [0.1, 0.15) is 21.5 Å². The Balaban J connectivity index is 3.40. The number of carbonyl (C=O) groups is 1. The van der Waals surface area contributed by atoms with E-state index in [1.807, 2.05) is 0 Å². The van der Waals surface area contributed by atoms with Crippen LogP contribution < -0.4 is 4.18 Å². The molecule has 0 saturated carbocycles. The van der Waals surface area contributed by atoms with Crippen LogP contribution in [0.5, 0.6) is 5.75 Å². The van der Waals surface area contributed by atoms with E-state index in [0.717, 1.165) is 6.07 Å². The first kappa shape index (κ1) is 15.9. The second-order valence-corrected chi connectivity index (χ2v) is 7.31. The van der Waals surface area contributed by atoms with Gasteiger partial charge in [0.2, 0.25) is 9.05 Å². The zero-order valence-corrected chi connectivity index (χ0v) is 11.8. The highest BCUT2D eigenvalue weighted by atomic mass is 35.7. The van der Waals surface area contributed by atoms with Crippen molar-refractivity contribution in [1.82, 2.24) is 0 Å². The first-order valence-corrected chi connectivity index (χ1v) is 8.45. The molecule has 0 amide bonds. The van der Waals surface area contributed by atoms with E-state index in [1.54, 1.807) is 0 Å². The molecule has 0 unspecified atom stereocenters. The lowest BCUT2D eigenvalue weighted by Gasteiger charge is -2.10. The number of benzene rings is 1. The number of hydrogen-bond acceptors (Lipinski definition) is 6. The third-order valence-corrected chi connectivity index (χ3v) is 3.51. The minimum absolute atomic E-state index is 0.0400. The van der Waals surface area contributed by atoms with Crippen molar-refractivity contribution in [2.45, 2.75) is 12.7 Å². The molecule has 1 rings (SSSR count). The zero-order valence-electron chi connectivity index (χ0n) is 9.46. The standard InChI is InChI=1S/C9H8ClFO6S2/c1-6-8(5-18(10,13)14)2-7(4-12)3-9(6)17-19(11,15)16/h2-4H,5H2,1H3. The van der Waals surface area contributed by atoms with Gasteiger partial charge in [0.25, 0.3) is 0 Å². The molecule has 0 aliphatic rings. The first-order chi connectivity index (χ1) is 8.52. The molecule has 0 fully saturated rings. The highest BCUT2D eigenvalue weighted by molar-refractivity contribution is 8.13. The van der Waals surface area contributed by atoms with Gasteiger partial charge in [-0.3, -0.25) is 4.79 Å². The Morgan fingerprint density at radius 3 is 2.32 bits per heavy atom. The van der Waals surface area contributed by atoms with Crippen LogP contribution in [-0.4, -0.2) is 23.1 Å². The van der Waals surface area contributed by atoms with Crippen molar-refractivity contribution in [3.63, 3.8) is 0 Å². The van der Waals surface area contributed by atoms with Gasteiger partial charge in [-0.2, -0.15) is 8.42 Å². The van der Waals surface area contributed by atoms with E-state index in [0.29, 0.717) is 6.29 Å². The summed E-state index contributed by atoms with van der Waals surface area (Å²) in [5.41, 5.74) is 0.0221. The lowest BCUT2D eigenvalue weighted by atomic mass is 10.1. The predicted molar refractivity (Wildman–Crippen MR) is 65.7 cm³/mol. The Kier molecular flexibility index (Phi) is 4.54. The molecule has 0 aliphatic carbocycles. The molecular formula is C9H8ClFO6S2. The molecule has 19 heavy (non-hydrogen) atoms. The molecule has 1 aromatic rings. The lowest BCUT2D eigenvalue weighted by molar-refractivity contribution is 0.112. The molecular weight excluding hydrogens is 323 g/mol. The largest absolute Gasteiger partial charge is 0.488 e. The molecule has 10 heteroatoms. The maximum Gasteiger partial charge on any atom is 0.488 e. The fraction of sp³-hybridized carbons (Fsp3) is 0.222. The van der Waals surface area contributed by atoms with Gasteiger partial charge in [0, 0.05) is 16.2 Å². The van der Waals surface area contributed by atoms with E-state index in [4.69, 9.17) is 10.7 Å². The second-order valence-electron chi connectivity index (χ2n) is 3.58. The van der Waals surface area contributed by atoms with E-state index in [2.05, 4.69) is 4.18 Å². The SMILES string of the molecule is Cc1c(CS(=O)(=O)Cl)cc(C=O)cc1OS(=O)(=O)F. The van der Waals surface area contributed by atoms with Crippen LogP contribution in [-0.2, 0) is 25.3 Å². The van der Waals surface area contributed by atoms with Crippen LogP contribution in [0.4, 0.5) is 3.89 Å². The van der Waals surface area contributed by atoms with Gasteiger partial charge in [-0.1, -0.05) is 3.89 Å². The van der Waals surface area contributed by atoms with Crippen molar-refractivity contribution in [3.8, 4) is 5.75 Å². The normalized spacial score (nSPS) is 12.2. The second kappa shape index (κ2) is 5.43. The summed E-state index contributed by atoms with van der Waals surface area (Å²) >= 11 is 0. The maximum atomic E-state index is 12.5. The summed E-state index contributed by atoms with van der Waals surface area (Å²) in [6, 6.07) is 2.17. The average molecular weight is 331 g/mol. The van der Waals surface area contributed by atoms with E-state index in [-0.39, 0.29) is 16.7 Å². The summed E-state index contributed by atoms with van der Waals surface area (Å²) in [5, 5.41) is 0. The number of rotatable bonds is 5. The van der Waals surface area contributed by atoms with Gasteiger partial charge in [-0.25, -0.2) is 8.42 Å². The van der Waals surface area contributed by atoms with Crippen molar-refractivity contribution in [2.75, 3.05) is 0 Å². The summed E-state index contributed by atoms with van der Waals surface area (Å²) in [4.78, 5) is 10.7. The Morgan fingerprint density at radius 2 is 1.89 bits per heavy atom. The average Bonchev–Trinajstić information content (AvgIpc) is 2.19. The van der Waals surface area contributed by atoms with Gasteiger partial charge in [0.05, 0.1) is 5.75 Å². The van der Waals surface area contributed by atoms with Crippen LogP contribution in [0.3, 0.4) is 0 Å². The monoisotopic (exact) mass is 330 g/mol. The Hall–Kier alpha value is -1.19. The Labute approximate surface area is 114 Å². The summed E-state index contributed by atoms with van der Waals surface area (Å²) in [6.07, 6.45) is 0.335. The molecule has 0 atom stereocenters. The lowest BCUT2D eigenvalue weighted by Crippen LogP contribution is -2.06. The van der Waals surface area contributed by atoms with Gasteiger partial charge in [-0.05, 0) is 30.2 Å². The van der Waals surface area contributed by atoms with Crippen LogP contribution in [0, 0.1) is 6.92 Å². The molecule has 0 radical (unpaired) electrons. The van der Waals surface area contributed by atoms with Crippen LogP contribution in [0.2, 0.25) is 0 Å². The molecule has 0 heterocycles. The van der Waals surface area contributed by atoms with Crippen LogP contribution in [0.15, 0.2) is 12.1 Å². The predicted octanol–water partition coefficient (Wildman–Crippen LogP) is 1.47. The summed E-state index contributed by atoms with van der Waals surface area (Å²) < 4.78 is 59.4. The molecule has 6 nitrogen and oxygen atoms in total. The van der Waals surface area contributed by atoms with Crippen LogP contribution in [0.25, 0.3) is 0 Å². The first-order valence-electron chi connectivity index (χ1n) is 4.67. The van der Waals surface area contributed by atoms with Gasteiger partial charge < -0.3 is 4.18 Å².